The number of benzene rings is 1. The Labute approximate surface area is 212 Å². The van der Waals surface area contributed by atoms with E-state index < -0.39 is 31.2 Å². The van der Waals surface area contributed by atoms with Crippen LogP contribution in [0.1, 0.15) is 18.4 Å². The van der Waals surface area contributed by atoms with Crippen molar-refractivity contribution in [2.75, 3.05) is 25.6 Å². The van der Waals surface area contributed by atoms with E-state index in [1.165, 1.54) is 29.0 Å². The van der Waals surface area contributed by atoms with Crippen LogP contribution in [0.4, 0.5) is 4.79 Å². The van der Waals surface area contributed by atoms with Gasteiger partial charge in [-0.3, -0.25) is 9.59 Å². The molecular formula is C21H22N4O8S3. The third-order valence-corrected chi connectivity index (χ3v) is 8.55. The highest BCUT2D eigenvalue weighted by Crippen LogP contribution is 2.34. The molecule has 0 bridgehead atoms. The van der Waals surface area contributed by atoms with Crippen molar-refractivity contribution in [1.82, 2.24) is 18.6 Å². The number of carbonyl (C=O) groups excluding carboxylic acids is 2. The zero-order valence-corrected chi connectivity index (χ0v) is 21.7. The van der Waals surface area contributed by atoms with Crippen LogP contribution >= 0.6 is 11.8 Å². The summed E-state index contributed by atoms with van der Waals surface area (Å²) in [4.78, 5) is 32.3. The van der Waals surface area contributed by atoms with Crippen LogP contribution in [0.3, 0.4) is 0 Å². The van der Waals surface area contributed by atoms with E-state index in [1.807, 2.05) is 0 Å². The molecule has 12 nitrogen and oxygen atoms in total. The molecule has 2 amide bonds. The van der Waals surface area contributed by atoms with Gasteiger partial charge in [0.15, 0.2) is 0 Å². The monoisotopic (exact) mass is 554 g/mol. The number of imide groups is 1. The maximum absolute atomic E-state index is 12.3. The van der Waals surface area contributed by atoms with Crippen LogP contribution in [0.25, 0.3) is 6.08 Å². The predicted molar refractivity (Wildman–Crippen MR) is 131 cm³/mol. The van der Waals surface area contributed by atoms with Gasteiger partial charge in [0.25, 0.3) is 5.91 Å². The quantitative estimate of drug-likeness (QED) is 0.462. The van der Waals surface area contributed by atoms with Crippen molar-refractivity contribution >= 4 is 49.0 Å². The number of nitrogens with zero attached hydrogens (tertiary/aromatic N) is 4. The topological polar surface area (TPSA) is 153 Å². The Morgan fingerprint density at radius 2 is 1.61 bits per heavy atom. The molecule has 2 fully saturated rings. The van der Waals surface area contributed by atoms with Gasteiger partial charge in [0.1, 0.15) is 18.2 Å². The second kappa shape index (κ2) is 10.2. The third kappa shape index (κ3) is 6.21. The zero-order chi connectivity index (χ0) is 26.1. The molecule has 0 unspecified atom stereocenters. The first-order chi connectivity index (χ1) is 16.9. The summed E-state index contributed by atoms with van der Waals surface area (Å²) >= 11 is 0.552. The fraction of sp³-hybridized carbons (Fsp3) is 0.333. The summed E-state index contributed by atoms with van der Waals surface area (Å²) < 4.78 is 59.8. The molecule has 2 aliphatic rings. The van der Waals surface area contributed by atoms with Gasteiger partial charge in [0.05, 0.1) is 23.5 Å². The largest absolute Gasteiger partial charge is 0.474 e. The van der Waals surface area contributed by atoms with Crippen LogP contribution in [0, 0.1) is 0 Å². The smallest absolute Gasteiger partial charge is 0.307 e. The first-order valence-corrected chi connectivity index (χ1v) is 15.1. The third-order valence-electron chi connectivity index (χ3n) is 5.26. The minimum absolute atomic E-state index is 0.000876. The number of thioether (sulfide) groups is 1. The molecule has 0 radical (unpaired) electrons. The number of sulfonamides is 2. The average Bonchev–Trinajstić information content (AvgIpc) is 3.08. The van der Waals surface area contributed by atoms with E-state index in [1.54, 1.807) is 24.3 Å². The Morgan fingerprint density at radius 1 is 0.972 bits per heavy atom. The lowest BCUT2D eigenvalue weighted by molar-refractivity contribution is -0.119. The van der Waals surface area contributed by atoms with E-state index in [-0.39, 0.29) is 21.2 Å². The van der Waals surface area contributed by atoms with E-state index in [2.05, 4.69) is 9.97 Å². The summed E-state index contributed by atoms with van der Waals surface area (Å²) in [6.07, 6.45) is 5.60. The minimum Gasteiger partial charge on any atom is -0.474 e. The minimum atomic E-state index is -3.99. The molecule has 2 saturated heterocycles. The van der Waals surface area contributed by atoms with Gasteiger partial charge in [-0.1, -0.05) is 12.1 Å². The van der Waals surface area contributed by atoms with E-state index in [4.69, 9.17) is 9.47 Å². The van der Waals surface area contributed by atoms with Crippen molar-refractivity contribution in [2.45, 2.75) is 18.9 Å². The van der Waals surface area contributed by atoms with Gasteiger partial charge in [0.2, 0.25) is 31.8 Å². The second-order valence-corrected chi connectivity index (χ2v) is 12.9. The van der Waals surface area contributed by atoms with E-state index in [0.29, 0.717) is 54.9 Å². The Morgan fingerprint density at radius 3 is 2.19 bits per heavy atom. The molecule has 1 aromatic carbocycles. The molecule has 2 aliphatic heterocycles. The highest BCUT2D eigenvalue weighted by atomic mass is 32.2. The number of hydrogen-bond acceptors (Lipinski definition) is 11. The highest BCUT2D eigenvalue weighted by molar-refractivity contribution is 8.19. The molecule has 0 N–H and O–H groups in total. The van der Waals surface area contributed by atoms with E-state index >= 15 is 0 Å². The van der Waals surface area contributed by atoms with Gasteiger partial charge in [-0.25, -0.2) is 31.1 Å². The normalized spacial score (nSPS) is 19.2. The van der Waals surface area contributed by atoms with Crippen LogP contribution in [0.2, 0.25) is 0 Å². The van der Waals surface area contributed by atoms with Crippen molar-refractivity contribution in [3.8, 4) is 17.5 Å². The highest BCUT2D eigenvalue weighted by Gasteiger charge is 2.41. The first-order valence-electron chi connectivity index (χ1n) is 10.6. The van der Waals surface area contributed by atoms with Gasteiger partial charge >= 0.3 is 5.24 Å². The SMILES string of the molecule is CS(=O)(=O)N1CCC(Oc2cc(Oc3ccc(C=C4SC(=O)N(S(C)(=O)=O)C4=O)cc3)ncn2)CC1. The lowest BCUT2D eigenvalue weighted by Crippen LogP contribution is -2.41. The number of ether oxygens (including phenoxy) is 2. The van der Waals surface area contributed by atoms with Gasteiger partial charge in [-0.05, 0) is 48.4 Å². The molecule has 15 heteroatoms. The van der Waals surface area contributed by atoms with Crippen molar-refractivity contribution < 1.29 is 35.9 Å². The van der Waals surface area contributed by atoms with Crippen LogP contribution in [0.5, 0.6) is 17.5 Å². The van der Waals surface area contributed by atoms with E-state index in [0.717, 1.165) is 6.26 Å². The number of amides is 2. The summed E-state index contributed by atoms with van der Waals surface area (Å²) in [5, 5.41) is -0.864. The Hall–Kier alpha value is -3.01. The van der Waals surface area contributed by atoms with Crippen molar-refractivity contribution in [3.05, 3.63) is 47.1 Å². The van der Waals surface area contributed by atoms with E-state index in [9.17, 15) is 26.4 Å². The fourth-order valence-electron chi connectivity index (χ4n) is 3.54. The average molecular weight is 555 g/mol. The second-order valence-electron chi connectivity index (χ2n) is 8.05. The molecule has 0 atom stereocenters. The number of carbonyl (C=O) groups is 2. The zero-order valence-electron chi connectivity index (χ0n) is 19.2. The van der Waals surface area contributed by atoms with Gasteiger partial charge in [0, 0.05) is 13.1 Å². The summed E-state index contributed by atoms with van der Waals surface area (Å²) in [5.41, 5.74) is 0.563. The Balaban J connectivity index is 1.38. The van der Waals surface area contributed by atoms with Crippen LogP contribution in [-0.2, 0) is 24.8 Å². The van der Waals surface area contributed by atoms with Gasteiger partial charge < -0.3 is 9.47 Å². The van der Waals surface area contributed by atoms with Gasteiger partial charge in [-0.2, -0.15) is 4.31 Å². The molecule has 1 aromatic heterocycles. The van der Waals surface area contributed by atoms with Crippen molar-refractivity contribution in [2.24, 2.45) is 0 Å². The van der Waals surface area contributed by atoms with Crippen molar-refractivity contribution in [3.63, 3.8) is 0 Å². The summed E-state index contributed by atoms with van der Waals surface area (Å²) in [5.74, 6) is 0.0810. The molecule has 3 heterocycles. The lowest BCUT2D eigenvalue weighted by Gasteiger charge is -2.30. The molecular weight excluding hydrogens is 532 g/mol. The number of rotatable bonds is 7. The standard InChI is InChI=1S/C21H22N4O8S3/c1-35(28,29)24-9-7-16(8-10-24)33-19-12-18(22-13-23-19)32-15-5-3-14(4-6-15)11-17-20(26)25(21(27)34-17)36(2,30)31/h3-6,11-13,16H,7-10H2,1-2H3. The molecule has 4 rings (SSSR count). The van der Waals surface area contributed by atoms with Crippen LogP contribution < -0.4 is 9.47 Å². The molecule has 36 heavy (non-hydrogen) atoms. The lowest BCUT2D eigenvalue weighted by atomic mass is 10.1. The summed E-state index contributed by atoms with van der Waals surface area (Å²) in [6.45, 7) is 0.760. The molecule has 0 spiro atoms. The predicted octanol–water partition coefficient (Wildman–Crippen LogP) is 2.07. The number of hydrogen-bond donors (Lipinski definition) is 0. The summed E-state index contributed by atoms with van der Waals surface area (Å²) in [7, 11) is -7.20. The number of aromatic nitrogens is 2. The van der Waals surface area contributed by atoms with Gasteiger partial charge in [-0.15, -0.1) is 0 Å². The Kier molecular flexibility index (Phi) is 7.36. The molecule has 0 saturated carbocycles. The molecule has 2 aromatic rings. The fourth-order valence-corrected chi connectivity index (χ4v) is 6.39. The summed E-state index contributed by atoms with van der Waals surface area (Å²) in [6, 6.07) is 8.04. The first kappa shape index (κ1) is 26.1. The maximum atomic E-state index is 12.3. The van der Waals surface area contributed by atoms with Crippen molar-refractivity contribution in [1.29, 1.82) is 0 Å². The van der Waals surface area contributed by atoms with Crippen LogP contribution in [0.15, 0.2) is 41.6 Å². The number of piperidine rings is 1. The molecule has 192 valence electrons. The van der Waals surface area contributed by atoms with Crippen LogP contribution in [-0.4, -0.2) is 78.3 Å². The molecule has 0 aliphatic carbocycles. The maximum Gasteiger partial charge on any atom is 0.307 e. The Bertz CT molecular complexity index is 1420.